The van der Waals surface area contributed by atoms with Crippen molar-refractivity contribution in [3.05, 3.63) is 89.2 Å². The van der Waals surface area contributed by atoms with Gasteiger partial charge in [-0.3, -0.25) is 0 Å². The maximum atomic E-state index is 13.0. The molecule has 3 aromatic carbocycles. The van der Waals surface area contributed by atoms with Gasteiger partial charge in [-0.25, -0.2) is 9.18 Å². The Balaban J connectivity index is 1.64. The van der Waals surface area contributed by atoms with Crippen molar-refractivity contribution in [2.24, 2.45) is 0 Å². The summed E-state index contributed by atoms with van der Waals surface area (Å²) in [5, 5.41) is 12.3. The summed E-state index contributed by atoms with van der Waals surface area (Å²) in [5.41, 5.74) is 2.75. The number of nitrogens with one attached hydrogen (secondary N) is 1. The highest BCUT2D eigenvalue weighted by Gasteiger charge is 2.08. The van der Waals surface area contributed by atoms with Gasteiger partial charge in [0.2, 0.25) is 0 Å². The molecule has 3 aromatic rings. The standard InChI is InChI=1S/C22H20FNO4/c1-27-21-11-16(13-24-19-4-2-3-17(12-19)22(25)26)7-10-20(21)28-14-15-5-8-18(23)9-6-15/h2-12,24H,13-14H2,1H3,(H,25,26). The molecule has 0 saturated carbocycles. The van der Waals surface area contributed by atoms with Crippen LogP contribution in [0.3, 0.4) is 0 Å². The van der Waals surface area contributed by atoms with E-state index in [4.69, 9.17) is 14.6 Å². The van der Waals surface area contributed by atoms with E-state index < -0.39 is 5.97 Å². The van der Waals surface area contributed by atoms with Gasteiger partial charge in [0.1, 0.15) is 12.4 Å². The third-order valence-corrected chi connectivity index (χ3v) is 4.14. The smallest absolute Gasteiger partial charge is 0.335 e. The van der Waals surface area contributed by atoms with Crippen molar-refractivity contribution in [1.82, 2.24) is 0 Å². The number of rotatable bonds is 8. The van der Waals surface area contributed by atoms with Crippen molar-refractivity contribution in [2.45, 2.75) is 13.2 Å². The quantitative estimate of drug-likeness (QED) is 0.591. The van der Waals surface area contributed by atoms with Crippen LogP contribution in [0.25, 0.3) is 0 Å². The second kappa shape index (κ2) is 8.90. The third-order valence-electron chi connectivity index (χ3n) is 4.14. The molecule has 0 aliphatic heterocycles. The molecule has 0 heterocycles. The van der Waals surface area contributed by atoms with Crippen LogP contribution in [0, 0.1) is 5.82 Å². The second-order valence-electron chi connectivity index (χ2n) is 6.14. The third kappa shape index (κ3) is 5.01. The molecule has 0 unspecified atom stereocenters. The molecule has 0 aliphatic carbocycles. The van der Waals surface area contributed by atoms with E-state index in [2.05, 4.69) is 5.32 Å². The normalized spacial score (nSPS) is 10.4. The van der Waals surface area contributed by atoms with Crippen LogP contribution in [0.4, 0.5) is 10.1 Å². The summed E-state index contributed by atoms with van der Waals surface area (Å²) < 4.78 is 24.2. The highest BCUT2D eigenvalue weighted by molar-refractivity contribution is 5.88. The average Bonchev–Trinajstić information content (AvgIpc) is 2.72. The van der Waals surface area contributed by atoms with E-state index in [1.54, 1.807) is 37.4 Å². The summed E-state index contributed by atoms with van der Waals surface area (Å²) in [6.07, 6.45) is 0. The van der Waals surface area contributed by atoms with Crippen molar-refractivity contribution in [2.75, 3.05) is 12.4 Å². The number of halogens is 1. The summed E-state index contributed by atoms with van der Waals surface area (Å²) in [4.78, 5) is 11.1. The average molecular weight is 381 g/mol. The fourth-order valence-corrected chi connectivity index (χ4v) is 2.65. The lowest BCUT2D eigenvalue weighted by atomic mass is 10.1. The van der Waals surface area contributed by atoms with Gasteiger partial charge in [-0.15, -0.1) is 0 Å². The zero-order valence-electron chi connectivity index (χ0n) is 15.3. The molecule has 0 fully saturated rings. The van der Waals surface area contributed by atoms with Gasteiger partial charge >= 0.3 is 5.97 Å². The van der Waals surface area contributed by atoms with Gasteiger partial charge in [0, 0.05) is 12.2 Å². The number of hydrogen-bond donors (Lipinski definition) is 2. The molecule has 0 bridgehead atoms. The van der Waals surface area contributed by atoms with E-state index in [0.29, 0.717) is 24.7 Å². The number of methoxy groups -OCH3 is 1. The predicted octanol–water partition coefficient (Wildman–Crippen LogP) is 4.72. The lowest BCUT2D eigenvalue weighted by Gasteiger charge is -2.13. The summed E-state index contributed by atoms with van der Waals surface area (Å²) >= 11 is 0. The fourth-order valence-electron chi connectivity index (χ4n) is 2.65. The van der Waals surface area contributed by atoms with Crippen LogP contribution >= 0.6 is 0 Å². The van der Waals surface area contributed by atoms with Gasteiger partial charge in [-0.2, -0.15) is 0 Å². The first-order valence-electron chi connectivity index (χ1n) is 8.66. The number of benzene rings is 3. The van der Waals surface area contributed by atoms with Gasteiger partial charge in [0.05, 0.1) is 12.7 Å². The van der Waals surface area contributed by atoms with Crippen LogP contribution in [0.15, 0.2) is 66.7 Å². The number of hydrogen-bond acceptors (Lipinski definition) is 4. The molecular weight excluding hydrogens is 361 g/mol. The van der Waals surface area contributed by atoms with Crippen molar-refractivity contribution in [3.8, 4) is 11.5 Å². The molecule has 0 aliphatic rings. The largest absolute Gasteiger partial charge is 0.493 e. The van der Waals surface area contributed by atoms with Crippen molar-refractivity contribution < 1.29 is 23.8 Å². The molecule has 3 rings (SSSR count). The second-order valence-corrected chi connectivity index (χ2v) is 6.14. The van der Waals surface area contributed by atoms with Crippen LogP contribution in [-0.2, 0) is 13.2 Å². The van der Waals surface area contributed by atoms with Crippen LogP contribution < -0.4 is 14.8 Å². The van der Waals surface area contributed by atoms with E-state index in [1.807, 2.05) is 24.3 Å². The summed E-state index contributed by atoms with van der Waals surface area (Å²) in [6, 6.07) is 18.3. The topological polar surface area (TPSA) is 67.8 Å². The van der Waals surface area contributed by atoms with Gasteiger partial charge in [-0.05, 0) is 53.6 Å². The molecular formula is C22H20FNO4. The Kier molecular flexibility index (Phi) is 6.11. The van der Waals surface area contributed by atoms with Crippen LogP contribution in [0.1, 0.15) is 21.5 Å². The summed E-state index contributed by atoms with van der Waals surface area (Å²) in [5.74, 6) is -0.0794. The van der Waals surface area contributed by atoms with Crippen LogP contribution in [-0.4, -0.2) is 18.2 Å². The molecule has 0 radical (unpaired) electrons. The molecule has 0 saturated heterocycles. The number of carbonyl (C=O) groups is 1. The Morgan fingerprint density at radius 1 is 1.00 bits per heavy atom. The molecule has 2 N–H and O–H groups in total. The van der Waals surface area contributed by atoms with Gasteiger partial charge in [0.25, 0.3) is 0 Å². The Hall–Kier alpha value is -3.54. The van der Waals surface area contributed by atoms with E-state index in [1.165, 1.54) is 12.1 Å². The van der Waals surface area contributed by atoms with E-state index in [0.717, 1.165) is 16.8 Å². The zero-order valence-corrected chi connectivity index (χ0v) is 15.3. The molecule has 0 atom stereocenters. The van der Waals surface area contributed by atoms with Crippen molar-refractivity contribution >= 4 is 11.7 Å². The van der Waals surface area contributed by atoms with Crippen molar-refractivity contribution in [1.29, 1.82) is 0 Å². The number of carboxylic acids is 1. The zero-order chi connectivity index (χ0) is 19.9. The Morgan fingerprint density at radius 2 is 1.75 bits per heavy atom. The van der Waals surface area contributed by atoms with E-state index in [-0.39, 0.29) is 11.4 Å². The van der Waals surface area contributed by atoms with Gasteiger partial charge < -0.3 is 19.9 Å². The molecule has 6 heteroatoms. The first-order valence-corrected chi connectivity index (χ1v) is 8.66. The molecule has 28 heavy (non-hydrogen) atoms. The van der Waals surface area contributed by atoms with Crippen molar-refractivity contribution in [3.63, 3.8) is 0 Å². The SMILES string of the molecule is COc1cc(CNc2cccc(C(=O)O)c2)ccc1OCc1ccc(F)cc1. The maximum absolute atomic E-state index is 13.0. The Bertz CT molecular complexity index is 957. The number of aromatic carboxylic acids is 1. The molecule has 0 amide bonds. The highest BCUT2D eigenvalue weighted by atomic mass is 19.1. The highest BCUT2D eigenvalue weighted by Crippen LogP contribution is 2.29. The first-order chi connectivity index (χ1) is 13.5. The Morgan fingerprint density at radius 3 is 2.46 bits per heavy atom. The first kappa shape index (κ1) is 19.2. The minimum absolute atomic E-state index is 0.229. The van der Waals surface area contributed by atoms with Gasteiger partial charge in [0.15, 0.2) is 11.5 Å². The van der Waals surface area contributed by atoms with E-state index in [9.17, 15) is 9.18 Å². The van der Waals surface area contributed by atoms with Crippen LogP contribution in [0.5, 0.6) is 11.5 Å². The minimum Gasteiger partial charge on any atom is -0.493 e. The van der Waals surface area contributed by atoms with Crippen LogP contribution in [0.2, 0.25) is 0 Å². The molecule has 5 nitrogen and oxygen atoms in total. The number of carboxylic acid groups (broad SMARTS) is 1. The van der Waals surface area contributed by atoms with E-state index >= 15 is 0 Å². The minimum atomic E-state index is -0.965. The summed E-state index contributed by atoms with van der Waals surface area (Å²) in [6.45, 7) is 0.799. The molecule has 0 spiro atoms. The summed E-state index contributed by atoms with van der Waals surface area (Å²) in [7, 11) is 1.56. The lowest BCUT2D eigenvalue weighted by molar-refractivity contribution is 0.0697. The molecule has 0 aromatic heterocycles. The fraction of sp³-hybridized carbons (Fsp3) is 0.136. The monoisotopic (exact) mass is 381 g/mol. The number of anilines is 1. The predicted molar refractivity (Wildman–Crippen MR) is 104 cm³/mol. The Labute approximate surface area is 162 Å². The maximum Gasteiger partial charge on any atom is 0.335 e. The van der Waals surface area contributed by atoms with Gasteiger partial charge in [-0.1, -0.05) is 24.3 Å². The molecule has 144 valence electrons. The number of ether oxygens (including phenoxy) is 2. The lowest BCUT2D eigenvalue weighted by Crippen LogP contribution is -2.03.